The van der Waals surface area contributed by atoms with Crippen LogP contribution in [0.15, 0.2) is 6.07 Å². The summed E-state index contributed by atoms with van der Waals surface area (Å²) in [5.74, 6) is -1.22. The molecule has 5 nitrogen and oxygen atoms in total. The molecule has 0 radical (unpaired) electrons. The average molecular weight is 227 g/mol. The Balaban J connectivity index is 3.38. The Hall–Kier alpha value is -2.23. The Labute approximate surface area is 89.4 Å². The van der Waals surface area contributed by atoms with Crippen LogP contribution in [0.1, 0.15) is 28.0 Å². The van der Waals surface area contributed by atoms with Crippen LogP contribution in [0.25, 0.3) is 0 Å². The SMILES string of the molecule is COC(=O)c1cc(C#N)c(C(F)F)nc1N. The summed E-state index contributed by atoms with van der Waals surface area (Å²) in [5, 5.41) is 8.62. The first-order valence-corrected chi connectivity index (χ1v) is 4.08. The zero-order valence-corrected chi connectivity index (χ0v) is 8.20. The van der Waals surface area contributed by atoms with E-state index in [1.807, 2.05) is 0 Å². The van der Waals surface area contributed by atoms with Gasteiger partial charge in [-0.1, -0.05) is 0 Å². The molecule has 0 aliphatic carbocycles. The predicted molar refractivity (Wildman–Crippen MR) is 49.7 cm³/mol. The first-order valence-electron chi connectivity index (χ1n) is 4.08. The minimum Gasteiger partial charge on any atom is -0.465 e. The topological polar surface area (TPSA) is 89.0 Å². The van der Waals surface area contributed by atoms with Gasteiger partial charge >= 0.3 is 5.97 Å². The van der Waals surface area contributed by atoms with Gasteiger partial charge in [0.2, 0.25) is 0 Å². The van der Waals surface area contributed by atoms with Gasteiger partial charge in [-0.05, 0) is 6.07 Å². The van der Waals surface area contributed by atoms with E-state index >= 15 is 0 Å². The molecule has 1 aromatic rings. The van der Waals surface area contributed by atoms with E-state index in [0.717, 1.165) is 13.2 Å². The number of nitriles is 1. The molecule has 7 heteroatoms. The molecule has 16 heavy (non-hydrogen) atoms. The van der Waals surface area contributed by atoms with Gasteiger partial charge in [-0.25, -0.2) is 18.6 Å². The Bertz CT molecular complexity index is 469. The van der Waals surface area contributed by atoms with Crippen molar-refractivity contribution in [3.8, 4) is 6.07 Å². The van der Waals surface area contributed by atoms with Crippen molar-refractivity contribution in [2.75, 3.05) is 12.8 Å². The summed E-state index contributed by atoms with van der Waals surface area (Å²) < 4.78 is 29.2. The third-order valence-electron chi connectivity index (χ3n) is 1.81. The van der Waals surface area contributed by atoms with Crippen molar-refractivity contribution in [2.45, 2.75) is 6.43 Å². The first kappa shape index (κ1) is 11.8. The van der Waals surface area contributed by atoms with Crippen molar-refractivity contribution in [1.29, 1.82) is 5.26 Å². The minimum atomic E-state index is -2.93. The highest BCUT2D eigenvalue weighted by Gasteiger charge is 2.20. The number of ether oxygens (including phenoxy) is 1. The van der Waals surface area contributed by atoms with Gasteiger partial charge in [-0.3, -0.25) is 0 Å². The Kier molecular flexibility index (Phi) is 3.35. The van der Waals surface area contributed by atoms with E-state index in [0.29, 0.717) is 0 Å². The molecule has 0 atom stereocenters. The number of carbonyl (C=O) groups excluding carboxylic acids is 1. The van der Waals surface area contributed by atoms with Crippen molar-refractivity contribution in [1.82, 2.24) is 4.98 Å². The van der Waals surface area contributed by atoms with E-state index in [9.17, 15) is 13.6 Å². The second-order valence-corrected chi connectivity index (χ2v) is 2.76. The number of nitrogens with zero attached hydrogens (tertiary/aromatic N) is 2. The molecule has 0 saturated heterocycles. The van der Waals surface area contributed by atoms with Gasteiger partial charge in [-0.15, -0.1) is 0 Å². The number of hydrogen-bond donors (Lipinski definition) is 1. The summed E-state index contributed by atoms with van der Waals surface area (Å²) in [6.07, 6.45) is -2.93. The quantitative estimate of drug-likeness (QED) is 0.768. The van der Waals surface area contributed by atoms with Crippen LogP contribution >= 0.6 is 0 Å². The van der Waals surface area contributed by atoms with Crippen LogP contribution in [0, 0.1) is 11.3 Å². The lowest BCUT2D eigenvalue weighted by molar-refractivity contribution is 0.0601. The van der Waals surface area contributed by atoms with Gasteiger partial charge in [0.25, 0.3) is 6.43 Å². The van der Waals surface area contributed by atoms with Crippen molar-refractivity contribution >= 4 is 11.8 Å². The number of aromatic nitrogens is 1. The summed E-state index contributed by atoms with van der Waals surface area (Å²) in [6.45, 7) is 0. The molecule has 0 aromatic carbocycles. The van der Waals surface area contributed by atoms with Gasteiger partial charge in [-0.2, -0.15) is 5.26 Å². The lowest BCUT2D eigenvalue weighted by Gasteiger charge is -2.07. The molecule has 2 N–H and O–H groups in total. The number of carbonyl (C=O) groups is 1. The molecule has 84 valence electrons. The molecule has 0 amide bonds. The number of rotatable bonds is 2. The smallest absolute Gasteiger partial charge is 0.341 e. The second-order valence-electron chi connectivity index (χ2n) is 2.76. The molecular formula is C9H7F2N3O2. The van der Waals surface area contributed by atoms with Crippen LogP contribution in [0.2, 0.25) is 0 Å². The van der Waals surface area contributed by atoms with Gasteiger partial charge < -0.3 is 10.5 Å². The van der Waals surface area contributed by atoms with E-state index in [4.69, 9.17) is 11.0 Å². The van der Waals surface area contributed by atoms with Crippen molar-refractivity contribution in [3.05, 3.63) is 22.9 Å². The maximum Gasteiger partial charge on any atom is 0.341 e. The van der Waals surface area contributed by atoms with Crippen LogP contribution < -0.4 is 5.73 Å². The number of hydrogen-bond acceptors (Lipinski definition) is 5. The molecule has 0 spiro atoms. The molecule has 0 unspecified atom stereocenters. The van der Waals surface area contributed by atoms with Crippen molar-refractivity contribution in [3.63, 3.8) is 0 Å². The van der Waals surface area contributed by atoms with Crippen molar-refractivity contribution < 1.29 is 18.3 Å². The third kappa shape index (κ3) is 2.06. The standard InChI is InChI=1S/C9H7F2N3O2/c1-16-9(15)5-2-4(3-12)6(7(10)11)14-8(5)13/h2,7H,1H3,(H2,13,14). The summed E-state index contributed by atoms with van der Waals surface area (Å²) >= 11 is 0. The number of anilines is 1. The summed E-state index contributed by atoms with van der Waals surface area (Å²) in [4.78, 5) is 14.5. The Morgan fingerprint density at radius 2 is 2.31 bits per heavy atom. The number of esters is 1. The normalized spacial score (nSPS) is 9.94. The van der Waals surface area contributed by atoms with E-state index in [1.165, 1.54) is 6.07 Å². The van der Waals surface area contributed by atoms with Gasteiger partial charge in [0, 0.05) is 0 Å². The fraction of sp³-hybridized carbons (Fsp3) is 0.222. The number of methoxy groups -OCH3 is 1. The molecule has 1 rings (SSSR count). The van der Waals surface area contributed by atoms with E-state index in [1.54, 1.807) is 0 Å². The fourth-order valence-corrected chi connectivity index (χ4v) is 1.07. The van der Waals surface area contributed by atoms with E-state index < -0.39 is 23.7 Å². The van der Waals surface area contributed by atoms with Crippen LogP contribution in [0.4, 0.5) is 14.6 Å². The predicted octanol–water partition coefficient (Wildman–Crippen LogP) is 1.26. The summed E-state index contributed by atoms with van der Waals surface area (Å²) in [7, 11) is 1.11. The number of pyridine rings is 1. The largest absolute Gasteiger partial charge is 0.465 e. The van der Waals surface area contributed by atoms with E-state index in [2.05, 4.69) is 9.72 Å². The number of alkyl halides is 2. The maximum absolute atomic E-state index is 12.4. The minimum absolute atomic E-state index is 0.205. The molecule has 0 bridgehead atoms. The van der Waals surface area contributed by atoms with E-state index in [-0.39, 0.29) is 11.4 Å². The molecule has 1 heterocycles. The van der Waals surface area contributed by atoms with Gasteiger partial charge in [0.1, 0.15) is 23.1 Å². The molecular weight excluding hydrogens is 220 g/mol. The highest BCUT2D eigenvalue weighted by atomic mass is 19.3. The zero-order chi connectivity index (χ0) is 12.3. The van der Waals surface area contributed by atoms with Gasteiger partial charge in [0.15, 0.2) is 0 Å². The molecule has 0 aliphatic heterocycles. The number of nitrogens with two attached hydrogens (primary N) is 1. The van der Waals surface area contributed by atoms with Crippen LogP contribution in [0.5, 0.6) is 0 Å². The highest BCUT2D eigenvalue weighted by Crippen LogP contribution is 2.24. The van der Waals surface area contributed by atoms with Crippen LogP contribution in [-0.4, -0.2) is 18.1 Å². The Morgan fingerprint density at radius 1 is 1.69 bits per heavy atom. The monoisotopic (exact) mass is 227 g/mol. The molecule has 0 saturated carbocycles. The molecule has 0 fully saturated rings. The Morgan fingerprint density at radius 3 is 2.75 bits per heavy atom. The third-order valence-corrected chi connectivity index (χ3v) is 1.81. The maximum atomic E-state index is 12.4. The fourth-order valence-electron chi connectivity index (χ4n) is 1.07. The number of halogens is 2. The molecule has 1 aromatic heterocycles. The summed E-state index contributed by atoms with van der Waals surface area (Å²) in [6, 6.07) is 2.46. The number of nitrogen functional groups attached to an aromatic ring is 1. The zero-order valence-electron chi connectivity index (χ0n) is 8.20. The lowest BCUT2D eigenvalue weighted by Crippen LogP contribution is -2.10. The molecule has 0 aliphatic rings. The first-order chi connectivity index (χ1) is 7.51. The second kappa shape index (κ2) is 4.53. The van der Waals surface area contributed by atoms with Crippen LogP contribution in [-0.2, 0) is 4.74 Å². The van der Waals surface area contributed by atoms with Crippen LogP contribution in [0.3, 0.4) is 0 Å². The lowest BCUT2D eigenvalue weighted by atomic mass is 10.1. The summed E-state index contributed by atoms with van der Waals surface area (Å²) in [5.41, 5.74) is 3.96. The highest BCUT2D eigenvalue weighted by molar-refractivity contribution is 5.94. The van der Waals surface area contributed by atoms with Gasteiger partial charge in [0.05, 0.1) is 12.7 Å². The van der Waals surface area contributed by atoms with Crippen molar-refractivity contribution in [2.24, 2.45) is 0 Å². The average Bonchev–Trinajstić information content (AvgIpc) is 2.27.